The molecule has 0 spiro atoms. The van der Waals surface area contributed by atoms with E-state index in [-0.39, 0.29) is 4.90 Å². The van der Waals surface area contributed by atoms with E-state index in [1.807, 2.05) is 24.3 Å². The summed E-state index contributed by atoms with van der Waals surface area (Å²) in [5, 5.41) is 11.4. The van der Waals surface area contributed by atoms with Gasteiger partial charge in [0.1, 0.15) is 0 Å². The molecular formula is C22H23N5O2S2. The Labute approximate surface area is 185 Å². The van der Waals surface area contributed by atoms with Crippen molar-refractivity contribution >= 4 is 32.6 Å². The third-order valence-electron chi connectivity index (χ3n) is 5.01. The van der Waals surface area contributed by atoms with Gasteiger partial charge in [-0.2, -0.15) is 0 Å². The van der Waals surface area contributed by atoms with E-state index in [9.17, 15) is 8.42 Å². The highest BCUT2D eigenvalue weighted by atomic mass is 32.2. The van der Waals surface area contributed by atoms with Gasteiger partial charge in [-0.3, -0.25) is 0 Å². The summed E-state index contributed by atoms with van der Waals surface area (Å²) in [6.45, 7) is 0. The molecular weight excluding hydrogens is 430 g/mol. The second-order valence-electron chi connectivity index (χ2n) is 7.31. The van der Waals surface area contributed by atoms with Crippen molar-refractivity contribution in [1.82, 2.24) is 19.2 Å². The number of aromatic nitrogens is 3. The smallest absolute Gasteiger partial charge is 0.242 e. The average Bonchev–Trinajstić information content (AvgIpc) is 3.12. The molecule has 3 aromatic carbocycles. The average molecular weight is 454 g/mol. The van der Waals surface area contributed by atoms with Crippen molar-refractivity contribution in [2.75, 3.05) is 19.9 Å². The van der Waals surface area contributed by atoms with Crippen molar-refractivity contribution in [1.29, 1.82) is 0 Å². The molecule has 0 saturated carbocycles. The lowest BCUT2D eigenvalue weighted by Crippen LogP contribution is -2.22. The van der Waals surface area contributed by atoms with E-state index in [0.29, 0.717) is 23.2 Å². The quantitative estimate of drug-likeness (QED) is 0.341. The van der Waals surface area contributed by atoms with E-state index in [0.717, 1.165) is 11.1 Å². The molecule has 0 radical (unpaired) electrons. The van der Waals surface area contributed by atoms with Gasteiger partial charge >= 0.3 is 0 Å². The summed E-state index contributed by atoms with van der Waals surface area (Å²) in [5.74, 6) is 7.46. The summed E-state index contributed by atoms with van der Waals surface area (Å²) < 4.78 is 27.4. The number of thioether (sulfide) groups is 1. The zero-order valence-corrected chi connectivity index (χ0v) is 18.9. The zero-order chi connectivity index (χ0) is 22.0. The summed E-state index contributed by atoms with van der Waals surface area (Å²) in [7, 11) is -0.435. The number of nitrogens with zero attached hydrogens (tertiary/aromatic N) is 4. The first kappa shape index (κ1) is 21.4. The SMILES string of the molecule is CN(C)S(=O)(=O)c1cccc(CSc2nnc(Cc3cccc4ccccc34)n2N)c1. The van der Waals surface area contributed by atoms with Gasteiger partial charge in [0, 0.05) is 26.3 Å². The van der Waals surface area contributed by atoms with Gasteiger partial charge in [-0.05, 0) is 34.0 Å². The number of hydrogen-bond acceptors (Lipinski definition) is 6. The van der Waals surface area contributed by atoms with Crippen LogP contribution in [0.1, 0.15) is 17.0 Å². The Morgan fingerprint density at radius 2 is 1.74 bits per heavy atom. The van der Waals surface area contributed by atoms with Crippen molar-refractivity contribution in [3.8, 4) is 0 Å². The second-order valence-corrected chi connectivity index (χ2v) is 10.4. The molecule has 1 heterocycles. The number of hydrogen-bond donors (Lipinski definition) is 1. The molecule has 0 aliphatic carbocycles. The van der Waals surface area contributed by atoms with Gasteiger partial charge in [-0.15, -0.1) is 10.2 Å². The van der Waals surface area contributed by atoms with Crippen LogP contribution in [0.15, 0.2) is 76.8 Å². The summed E-state index contributed by atoms with van der Waals surface area (Å²) >= 11 is 1.42. The molecule has 4 aromatic rings. The van der Waals surface area contributed by atoms with Crippen LogP contribution < -0.4 is 5.84 Å². The molecule has 0 atom stereocenters. The summed E-state index contributed by atoms with van der Waals surface area (Å²) in [6.07, 6.45) is 0.571. The zero-order valence-electron chi connectivity index (χ0n) is 17.3. The van der Waals surface area contributed by atoms with Crippen LogP contribution in [0.25, 0.3) is 10.8 Å². The monoisotopic (exact) mass is 453 g/mol. The molecule has 0 aliphatic heterocycles. The molecule has 31 heavy (non-hydrogen) atoms. The van der Waals surface area contributed by atoms with Gasteiger partial charge < -0.3 is 5.84 Å². The van der Waals surface area contributed by atoms with Crippen LogP contribution in [0.2, 0.25) is 0 Å². The van der Waals surface area contributed by atoms with Crippen molar-refractivity contribution in [3.63, 3.8) is 0 Å². The van der Waals surface area contributed by atoms with E-state index < -0.39 is 10.0 Å². The van der Waals surface area contributed by atoms with Crippen LogP contribution in [0.3, 0.4) is 0 Å². The fourth-order valence-electron chi connectivity index (χ4n) is 3.30. The molecule has 0 saturated heterocycles. The standard InChI is InChI=1S/C22H23N5O2S2/c1-26(2)31(28,29)19-11-5-7-16(13-19)15-30-22-25-24-21(27(22)23)14-18-10-6-9-17-8-3-4-12-20(17)18/h3-13H,14-15,23H2,1-2H3. The Bertz CT molecular complexity index is 1330. The maximum absolute atomic E-state index is 12.4. The van der Waals surface area contributed by atoms with Gasteiger partial charge in [-0.25, -0.2) is 17.4 Å². The van der Waals surface area contributed by atoms with Gasteiger partial charge in [0.15, 0.2) is 5.82 Å². The lowest BCUT2D eigenvalue weighted by Gasteiger charge is -2.12. The highest BCUT2D eigenvalue weighted by Gasteiger charge is 2.18. The van der Waals surface area contributed by atoms with E-state index >= 15 is 0 Å². The minimum Gasteiger partial charge on any atom is -0.336 e. The summed E-state index contributed by atoms with van der Waals surface area (Å²) in [5.41, 5.74) is 2.00. The second kappa shape index (κ2) is 8.70. The van der Waals surface area contributed by atoms with Crippen molar-refractivity contribution < 1.29 is 8.42 Å². The largest absolute Gasteiger partial charge is 0.336 e. The Morgan fingerprint density at radius 3 is 2.55 bits per heavy atom. The van der Waals surface area contributed by atoms with Crippen molar-refractivity contribution in [2.45, 2.75) is 22.2 Å². The predicted molar refractivity (Wildman–Crippen MR) is 124 cm³/mol. The molecule has 1 aromatic heterocycles. The van der Waals surface area contributed by atoms with E-state index in [1.54, 1.807) is 18.2 Å². The van der Waals surface area contributed by atoms with Crippen LogP contribution in [-0.2, 0) is 22.2 Å². The van der Waals surface area contributed by atoms with Gasteiger partial charge in [-0.1, -0.05) is 66.4 Å². The molecule has 2 N–H and O–H groups in total. The Kier molecular flexibility index (Phi) is 5.99. The van der Waals surface area contributed by atoms with Crippen molar-refractivity contribution in [2.24, 2.45) is 0 Å². The van der Waals surface area contributed by atoms with Crippen LogP contribution >= 0.6 is 11.8 Å². The lowest BCUT2D eigenvalue weighted by molar-refractivity contribution is 0.520. The Balaban J connectivity index is 1.51. The molecule has 4 rings (SSSR count). The number of sulfonamides is 1. The molecule has 0 fully saturated rings. The van der Waals surface area contributed by atoms with Gasteiger partial charge in [0.2, 0.25) is 15.2 Å². The van der Waals surface area contributed by atoms with Crippen LogP contribution in [0, 0.1) is 0 Å². The highest BCUT2D eigenvalue weighted by molar-refractivity contribution is 7.98. The fourth-order valence-corrected chi connectivity index (χ4v) is 5.09. The van der Waals surface area contributed by atoms with E-state index in [4.69, 9.17) is 5.84 Å². The minimum atomic E-state index is -3.47. The Morgan fingerprint density at radius 1 is 1.00 bits per heavy atom. The molecule has 0 bridgehead atoms. The fraction of sp³-hybridized carbons (Fsp3) is 0.182. The first-order valence-corrected chi connectivity index (χ1v) is 12.1. The molecule has 0 unspecified atom stereocenters. The van der Waals surface area contributed by atoms with Crippen molar-refractivity contribution in [3.05, 3.63) is 83.7 Å². The van der Waals surface area contributed by atoms with Crippen LogP contribution in [0.4, 0.5) is 0 Å². The normalized spacial score (nSPS) is 12.0. The number of rotatable bonds is 7. The van der Waals surface area contributed by atoms with E-state index in [1.165, 1.54) is 45.6 Å². The summed E-state index contributed by atoms with van der Waals surface area (Å²) in [6, 6.07) is 21.3. The van der Waals surface area contributed by atoms with Crippen LogP contribution in [0.5, 0.6) is 0 Å². The van der Waals surface area contributed by atoms with Gasteiger partial charge in [0.05, 0.1) is 4.90 Å². The van der Waals surface area contributed by atoms with Crippen LogP contribution in [-0.4, -0.2) is 41.7 Å². The number of nitrogen functional groups attached to an aromatic ring is 1. The number of nitrogens with two attached hydrogens (primary N) is 1. The minimum absolute atomic E-state index is 0.265. The third-order valence-corrected chi connectivity index (χ3v) is 7.83. The first-order valence-electron chi connectivity index (χ1n) is 9.66. The summed E-state index contributed by atoms with van der Waals surface area (Å²) in [4.78, 5) is 0.265. The Hall–Kier alpha value is -2.88. The maximum atomic E-state index is 12.4. The van der Waals surface area contributed by atoms with E-state index in [2.05, 4.69) is 34.5 Å². The number of benzene rings is 3. The maximum Gasteiger partial charge on any atom is 0.242 e. The lowest BCUT2D eigenvalue weighted by atomic mass is 10.0. The van der Waals surface area contributed by atoms with Gasteiger partial charge in [0.25, 0.3) is 0 Å². The topological polar surface area (TPSA) is 94.1 Å². The number of fused-ring (bicyclic) bond motifs is 1. The third kappa shape index (κ3) is 4.43. The molecule has 7 nitrogen and oxygen atoms in total. The molecule has 0 aliphatic rings. The molecule has 160 valence electrons. The predicted octanol–water partition coefficient (Wildman–Crippen LogP) is 3.28. The first-order chi connectivity index (χ1) is 14.9. The molecule has 0 amide bonds. The molecule has 9 heteroatoms. The highest BCUT2D eigenvalue weighted by Crippen LogP contribution is 2.25.